The number of allylic oxidation sites excluding steroid dienone is 20. The number of aliphatic hydroxyl groups is 5. The Bertz CT molecular complexity index is 1560. The molecule has 1 saturated heterocycles. The smallest absolute Gasteiger partial charge is 0.220 e. The highest BCUT2D eigenvalue weighted by Crippen LogP contribution is 2.23. The molecule has 0 aromatic carbocycles. The van der Waals surface area contributed by atoms with Gasteiger partial charge in [0.05, 0.1) is 25.4 Å². The van der Waals surface area contributed by atoms with E-state index in [1.807, 2.05) is 0 Å². The molecular formula is C64H107NO8. The minimum absolute atomic E-state index is 0.156. The van der Waals surface area contributed by atoms with Gasteiger partial charge in [-0.15, -0.1) is 0 Å². The molecule has 0 saturated carbocycles. The van der Waals surface area contributed by atoms with Gasteiger partial charge in [0.1, 0.15) is 24.4 Å². The molecule has 1 rings (SSSR count). The van der Waals surface area contributed by atoms with Crippen molar-refractivity contribution in [2.75, 3.05) is 13.2 Å². The Labute approximate surface area is 446 Å². The van der Waals surface area contributed by atoms with Gasteiger partial charge in [0.25, 0.3) is 0 Å². The van der Waals surface area contributed by atoms with Gasteiger partial charge in [-0.05, 0) is 89.9 Å². The number of hydrogen-bond donors (Lipinski definition) is 6. The first kappa shape index (κ1) is 67.6. The molecule has 1 aliphatic heterocycles. The maximum Gasteiger partial charge on any atom is 0.220 e. The second kappa shape index (κ2) is 52.0. The molecule has 1 aliphatic rings. The van der Waals surface area contributed by atoms with Crippen LogP contribution in [0.2, 0.25) is 0 Å². The van der Waals surface area contributed by atoms with E-state index >= 15 is 0 Å². The SMILES string of the molecule is CC/C=C\C/C=C\C/C=C\C/C=C\C/C=C\C/C=C\C/C=C\C/C=C\C/C=C\C/C=C\CCCCCCC(=O)NC(COC1OC(CO)C(O)C(O)C1O)C(O)CCCCCCCCCCCCCCCCC. The van der Waals surface area contributed by atoms with Crippen LogP contribution in [0.15, 0.2) is 122 Å². The number of rotatable bonds is 48. The Hall–Kier alpha value is -3.41. The summed E-state index contributed by atoms with van der Waals surface area (Å²) in [6.45, 7) is 3.70. The third-order valence-corrected chi connectivity index (χ3v) is 13.1. The quantitative estimate of drug-likeness (QED) is 0.0261. The second-order valence-corrected chi connectivity index (χ2v) is 19.7. The predicted octanol–water partition coefficient (Wildman–Crippen LogP) is 14.7. The number of nitrogens with one attached hydrogen (secondary N) is 1. The fraction of sp³-hybridized carbons (Fsp3) is 0.672. The van der Waals surface area contributed by atoms with E-state index in [0.29, 0.717) is 12.8 Å². The van der Waals surface area contributed by atoms with Crippen LogP contribution in [0.3, 0.4) is 0 Å². The van der Waals surface area contributed by atoms with Gasteiger partial charge in [-0.1, -0.05) is 245 Å². The van der Waals surface area contributed by atoms with Gasteiger partial charge in [0.15, 0.2) is 6.29 Å². The molecule has 0 aromatic heterocycles. The van der Waals surface area contributed by atoms with Gasteiger partial charge in [-0.25, -0.2) is 0 Å². The van der Waals surface area contributed by atoms with E-state index in [-0.39, 0.29) is 12.5 Å². The summed E-state index contributed by atoms with van der Waals surface area (Å²) in [6, 6.07) is -0.742. The molecule has 1 heterocycles. The van der Waals surface area contributed by atoms with Crippen LogP contribution in [0.25, 0.3) is 0 Å². The minimum atomic E-state index is -1.57. The standard InChI is InChI=1S/C64H107NO8/c1-3-5-7-9-11-13-15-17-19-20-21-22-23-24-25-26-27-28-29-30-31-32-33-34-35-36-37-38-40-42-44-46-48-50-52-54-60(68)65-57(56-72-64-63(71)62(70)61(69)59(55-66)73-64)58(67)53-51-49-47-45-43-41-39-18-16-14-12-10-8-6-4-2/h5,7,11,13,17,19,21-22,24-25,27-28,30-31,33-34,36-37,40,42,57-59,61-64,66-67,69-71H,3-4,6,8-10,12,14-16,18,20,23,26,29,32,35,38-39,41,43-56H2,1-2H3,(H,65,68)/b7-5-,13-11-,19-17-,22-21-,25-24-,28-27-,31-30-,34-33-,37-36-,42-40-. The molecular weight excluding hydrogens is 911 g/mol. The second-order valence-electron chi connectivity index (χ2n) is 19.7. The van der Waals surface area contributed by atoms with Gasteiger partial charge >= 0.3 is 0 Å². The lowest BCUT2D eigenvalue weighted by molar-refractivity contribution is -0.302. The average molecular weight is 1020 g/mol. The predicted molar refractivity (Wildman–Crippen MR) is 308 cm³/mol. The Morgan fingerprint density at radius 3 is 1.26 bits per heavy atom. The first-order chi connectivity index (χ1) is 35.8. The van der Waals surface area contributed by atoms with E-state index in [1.165, 1.54) is 77.0 Å². The van der Waals surface area contributed by atoms with Crippen molar-refractivity contribution in [2.45, 2.75) is 262 Å². The summed E-state index contributed by atoms with van der Waals surface area (Å²) in [6.07, 6.45) is 70.8. The summed E-state index contributed by atoms with van der Waals surface area (Å²) in [4.78, 5) is 13.1. The number of carbonyl (C=O) groups excluding carboxylic acids is 1. The van der Waals surface area contributed by atoms with Crippen molar-refractivity contribution in [3.63, 3.8) is 0 Å². The van der Waals surface area contributed by atoms with E-state index in [1.54, 1.807) is 0 Å². The first-order valence-electron chi connectivity index (χ1n) is 29.2. The summed E-state index contributed by atoms with van der Waals surface area (Å²) < 4.78 is 11.3. The minimum Gasteiger partial charge on any atom is -0.394 e. The van der Waals surface area contributed by atoms with Crippen LogP contribution in [0.1, 0.15) is 219 Å². The van der Waals surface area contributed by atoms with Crippen LogP contribution in [-0.4, -0.2) is 87.5 Å². The Morgan fingerprint density at radius 1 is 0.479 bits per heavy atom. The lowest BCUT2D eigenvalue weighted by Gasteiger charge is -2.40. The number of hydrogen-bond acceptors (Lipinski definition) is 8. The Morgan fingerprint density at radius 2 is 0.849 bits per heavy atom. The third-order valence-electron chi connectivity index (χ3n) is 13.1. The monoisotopic (exact) mass is 1020 g/mol. The van der Waals surface area contributed by atoms with Crippen LogP contribution in [0, 0.1) is 0 Å². The molecule has 7 atom stereocenters. The Balaban J connectivity index is 2.22. The van der Waals surface area contributed by atoms with Crippen LogP contribution in [0.5, 0.6) is 0 Å². The van der Waals surface area contributed by atoms with Gasteiger partial charge in [-0.3, -0.25) is 4.79 Å². The molecule has 7 unspecified atom stereocenters. The highest BCUT2D eigenvalue weighted by atomic mass is 16.7. The summed E-state index contributed by atoms with van der Waals surface area (Å²) in [5.41, 5.74) is 0. The summed E-state index contributed by atoms with van der Waals surface area (Å²) >= 11 is 0. The van der Waals surface area contributed by atoms with Crippen molar-refractivity contribution in [2.24, 2.45) is 0 Å². The topological polar surface area (TPSA) is 149 Å². The van der Waals surface area contributed by atoms with Gasteiger partial charge < -0.3 is 40.3 Å². The lowest BCUT2D eigenvalue weighted by Crippen LogP contribution is -2.60. The molecule has 0 aliphatic carbocycles. The molecule has 1 amide bonds. The van der Waals surface area contributed by atoms with Crippen LogP contribution in [0.4, 0.5) is 0 Å². The summed E-state index contributed by atoms with van der Waals surface area (Å²) in [5, 5.41) is 54.6. The molecule has 0 aromatic rings. The van der Waals surface area contributed by atoms with Crippen molar-refractivity contribution in [3.8, 4) is 0 Å². The normalized spacial score (nSPS) is 20.0. The fourth-order valence-corrected chi connectivity index (χ4v) is 8.48. The molecule has 1 fully saturated rings. The maximum atomic E-state index is 13.1. The third kappa shape index (κ3) is 41.5. The van der Waals surface area contributed by atoms with E-state index in [2.05, 4.69) is 141 Å². The molecule has 73 heavy (non-hydrogen) atoms. The molecule has 0 spiro atoms. The number of aliphatic hydroxyl groups excluding tert-OH is 5. The van der Waals surface area contributed by atoms with Gasteiger partial charge in [-0.2, -0.15) is 0 Å². The maximum absolute atomic E-state index is 13.1. The van der Waals surface area contributed by atoms with Crippen molar-refractivity contribution in [3.05, 3.63) is 122 Å². The molecule has 0 radical (unpaired) electrons. The highest BCUT2D eigenvalue weighted by Gasteiger charge is 2.44. The van der Waals surface area contributed by atoms with Gasteiger partial charge in [0.2, 0.25) is 5.91 Å². The van der Waals surface area contributed by atoms with E-state index in [0.717, 1.165) is 116 Å². The van der Waals surface area contributed by atoms with Gasteiger partial charge in [0, 0.05) is 6.42 Å². The number of carbonyl (C=O) groups is 1. The van der Waals surface area contributed by atoms with Crippen molar-refractivity contribution in [1.29, 1.82) is 0 Å². The highest BCUT2D eigenvalue weighted by molar-refractivity contribution is 5.76. The van der Waals surface area contributed by atoms with Crippen molar-refractivity contribution < 1.29 is 39.8 Å². The zero-order valence-corrected chi connectivity index (χ0v) is 46.1. The number of amides is 1. The zero-order chi connectivity index (χ0) is 52.9. The number of ether oxygens (including phenoxy) is 2. The molecule has 9 nitrogen and oxygen atoms in total. The van der Waals surface area contributed by atoms with E-state index in [9.17, 15) is 30.3 Å². The van der Waals surface area contributed by atoms with Crippen LogP contribution in [-0.2, 0) is 14.3 Å². The van der Waals surface area contributed by atoms with Crippen LogP contribution < -0.4 is 5.32 Å². The number of unbranched alkanes of at least 4 members (excludes halogenated alkanes) is 18. The molecule has 9 heteroatoms. The largest absolute Gasteiger partial charge is 0.394 e. The molecule has 6 N–H and O–H groups in total. The van der Waals surface area contributed by atoms with E-state index < -0.39 is 49.5 Å². The van der Waals surface area contributed by atoms with Crippen LogP contribution >= 0.6 is 0 Å². The summed E-state index contributed by atoms with van der Waals surface area (Å²) in [7, 11) is 0. The summed E-state index contributed by atoms with van der Waals surface area (Å²) in [5.74, 6) is -0.173. The molecule has 416 valence electrons. The average Bonchev–Trinajstić information content (AvgIpc) is 3.39. The molecule has 0 bridgehead atoms. The van der Waals surface area contributed by atoms with Crippen molar-refractivity contribution in [1.82, 2.24) is 5.32 Å². The van der Waals surface area contributed by atoms with E-state index in [4.69, 9.17) is 9.47 Å². The fourth-order valence-electron chi connectivity index (χ4n) is 8.48. The first-order valence-corrected chi connectivity index (χ1v) is 29.2. The Kier molecular flexibility index (Phi) is 48.2. The van der Waals surface area contributed by atoms with Crippen molar-refractivity contribution >= 4 is 5.91 Å². The lowest BCUT2D eigenvalue weighted by atomic mass is 9.99. The zero-order valence-electron chi connectivity index (χ0n) is 46.1.